The van der Waals surface area contributed by atoms with Crippen LogP contribution in [0, 0.1) is 0 Å². The molecule has 0 N–H and O–H groups in total. The number of sulfonamides is 1. The lowest BCUT2D eigenvalue weighted by Crippen LogP contribution is -2.75. The Hall–Kier alpha value is -1.77. The van der Waals surface area contributed by atoms with Gasteiger partial charge in [-0.05, 0) is 6.92 Å². The maximum absolute atomic E-state index is 13.8. The predicted octanol–water partition coefficient (Wildman–Crippen LogP) is 5.15. The van der Waals surface area contributed by atoms with Crippen LogP contribution in [0.4, 0.5) is 74.6 Å². The van der Waals surface area contributed by atoms with E-state index in [0.717, 1.165) is 0 Å². The van der Waals surface area contributed by atoms with Gasteiger partial charge in [0.25, 0.3) is 0 Å². The Labute approximate surface area is 176 Å². The summed E-state index contributed by atoms with van der Waals surface area (Å²) in [6.07, 6.45) is -7.90. The molecule has 0 saturated heterocycles. The van der Waals surface area contributed by atoms with E-state index in [2.05, 4.69) is 0 Å². The minimum atomic E-state index is -8.91. The molecular weight excluding hydrogens is 561 g/mol. The fourth-order valence-electron chi connectivity index (χ4n) is 2.01. The van der Waals surface area contributed by atoms with Gasteiger partial charge < -0.3 is 0 Å². The highest BCUT2D eigenvalue weighted by Crippen LogP contribution is 2.64. The molecule has 0 aromatic heterocycles. The first-order valence-electron chi connectivity index (χ1n) is 7.63. The van der Waals surface area contributed by atoms with Crippen molar-refractivity contribution in [3.8, 4) is 0 Å². The van der Waals surface area contributed by atoms with Crippen LogP contribution >= 0.6 is 0 Å². The van der Waals surface area contributed by atoms with E-state index in [0.29, 0.717) is 6.92 Å². The fraction of sp³-hybridized carbons (Fsp3) is 0.917. The lowest BCUT2D eigenvalue weighted by Gasteiger charge is -2.42. The third kappa shape index (κ3) is 3.82. The zero-order valence-electron chi connectivity index (χ0n) is 15.7. The van der Waals surface area contributed by atoms with E-state index >= 15 is 0 Å². The number of nitrogens with zero attached hydrogens (tertiary/aromatic N) is 1. The lowest BCUT2D eigenvalue weighted by atomic mass is 9.91. The van der Waals surface area contributed by atoms with Crippen LogP contribution in [0.5, 0.6) is 0 Å². The first-order chi connectivity index (χ1) is 14.4. The van der Waals surface area contributed by atoms with Crippen LogP contribution in [0.25, 0.3) is 0 Å². The smallest absolute Gasteiger partial charge is 0.274 e. The molecule has 0 aromatic rings. The Morgan fingerprint density at radius 3 is 1.09 bits per heavy atom. The molecule has 0 aliphatic carbocycles. The van der Waals surface area contributed by atoms with Gasteiger partial charge in [-0.15, -0.1) is 0 Å². The molecular formula is C12H8F17NO3S. The van der Waals surface area contributed by atoms with Crippen LogP contribution in [-0.2, 0) is 14.8 Å². The van der Waals surface area contributed by atoms with Crippen molar-refractivity contribution in [3.63, 3.8) is 0 Å². The average Bonchev–Trinajstić information content (AvgIpc) is 2.59. The minimum Gasteiger partial charge on any atom is -0.274 e. The molecule has 4 nitrogen and oxygen atoms in total. The Kier molecular flexibility index (Phi) is 7.71. The molecule has 0 bridgehead atoms. The summed E-state index contributed by atoms with van der Waals surface area (Å²) in [5, 5.41) is -7.73. The van der Waals surface area contributed by atoms with Crippen LogP contribution in [0.2, 0.25) is 0 Å². The highest BCUT2D eigenvalue weighted by molar-refractivity contribution is 7.90. The van der Waals surface area contributed by atoms with Crippen molar-refractivity contribution < 1.29 is 87.8 Å². The first-order valence-corrected chi connectivity index (χ1v) is 9.07. The van der Waals surface area contributed by atoms with Crippen LogP contribution in [0.15, 0.2) is 0 Å². The number of alkyl halides is 17. The van der Waals surface area contributed by atoms with Crippen molar-refractivity contribution in [1.29, 1.82) is 0 Å². The van der Waals surface area contributed by atoms with Gasteiger partial charge in [0, 0.05) is 13.5 Å². The molecule has 0 unspecified atom stereocenters. The second-order valence-corrected chi connectivity index (χ2v) is 8.05. The fourth-order valence-corrected chi connectivity index (χ4v) is 3.42. The standard InChI is InChI=1S/C12H8F17NO3S/c1-3-30(4(2)31)34(32,33)12(28,29)10(23,24)8(19,20)6(15,16)5(13,14)7(17,18)9(21,22)11(25,26)27/h3H2,1-2H3. The lowest BCUT2D eigenvalue weighted by molar-refractivity contribution is -0.458. The van der Waals surface area contributed by atoms with Crippen LogP contribution < -0.4 is 0 Å². The quantitative estimate of drug-likeness (QED) is 0.361. The minimum absolute atomic E-state index is 0.00987. The van der Waals surface area contributed by atoms with Crippen molar-refractivity contribution in [3.05, 3.63) is 0 Å². The molecule has 204 valence electrons. The third-order valence-electron chi connectivity index (χ3n) is 3.95. The van der Waals surface area contributed by atoms with Gasteiger partial charge >= 0.3 is 57.0 Å². The summed E-state index contributed by atoms with van der Waals surface area (Å²) in [6.45, 7) is -1.19. The Balaban J connectivity index is 7.10. The molecule has 0 fully saturated rings. The summed E-state index contributed by atoms with van der Waals surface area (Å²) in [4.78, 5) is 11.0. The molecule has 0 aliphatic heterocycles. The second-order valence-electron chi connectivity index (χ2n) is 6.15. The summed E-state index contributed by atoms with van der Waals surface area (Å²) in [5.74, 6) is -54.2. The maximum Gasteiger partial charge on any atom is 0.460 e. The molecule has 0 aliphatic rings. The molecule has 0 rings (SSSR count). The average molecular weight is 569 g/mol. The monoisotopic (exact) mass is 569 g/mol. The summed E-state index contributed by atoms with van der Waals surface area (Å²) >= 11 is 0. The Morgan fingerprint density at radius 1 is 0.588 bits per heavy atom. The van der Waals surface area contributed by atoms with Crippen LogP contribution in [0.1, 0.15) is 13.8 Å². The number of carbonyl (C=O) groups excluding carboxylic acids is 1. The molecule has 0 atom stereocenters. The van der Waals surface area contributed by atoms with Gasteiger partial charge in [0.2, 0.25) is 5.91 Å². The summed E-state index contributed by atoms with van der Waals surface area (Å²) < 4.78 is 245. The van der Waals surface area contributed by atoms with E-state index in [9.17, 15) is 87.8 Å². The second kappa shape index (κ2) is 8.14. The van der Waals surface area contributed by atoms with E-state index in [1.807, 2.05) is 0 Å². The van der Waals surface area contributed by atoms with E-state index in [1.165, 1.54) is 0 Å². The SMILES string of the molecule is CCN(C(C)=O)S(=O)(=O)C(F)(F)C(F)(F)C(F)(F)C(F)(F)C(F)(F)C(F)(F)C(F)(F)C(F)(F)F. The van der Waals surface area contributed by atoms with Crippen molar-refractivity contribution in [2.75, 3.05) is 6.54 Å². The molecule has 1 amide bonds. The van der Waals surface area contributed by atoms with Crippen molar-refractivity contribution in [2.24, 2.45) is 0 Å². The van der Waals surface area contributed by atoms with Crippen molar-refractivity contribution in [2.45, 2.75) is 60.8 Å². The van der Waals surface area contributed by atoms with Gasteiger partial charge in [-0.2, -0.15) is 83.1 Å². The molecule has 0 aromatic carbocycles. The van der Waals surface area contributed by atoms with Gasteiger partial charge in [0.05, 0.1) is 0 Å². The molecule has 0 saturated carbocycles. The maximum atomic E-state index is 13.8. The number of carbonyl (C=O) groups is 1. The molecule has 22 heteroatoms. The van der Waals surface area contributed by atoms with E-state index < -0.39 is 73.7 Å². The van der Waals surface area contributed by atoms with Gasteiger partial charge in [-0.25, -0.2) is 4.31 Å². The topological polar surface area (TPSA) is 54.5 Å². The zero-order valence-corrected chi connectivity index (χ0v) is 16.5. The van der Waals surface area contributed by atoms with Crippen molar-refractivity contribution in [1.82, 2.24) is 4.31 Å². The predicted molar refractivity (Wildman–Crippen MR) is 72.7 cm³/mol. The van der Waals surface area contributed by atoms with E-state index in [4.69, 9.17) is 0 Å². The molecule has 0 radical (unpaired) electrons. The Bertz CT molecular complexity index is 892. The van der Waals surface area contributed by atoms with Crippen LogP contribution in [0.3, 0.4) is 0 Å². The van der Waals surface area contributed by atoms with Gasteiger partial charge in [-0.1, -0.05) is 0 Å². The summed E-state index contributed by atoms with van der Waals surface area (Å²) in [7, 11) is -7.56. The number of amides is 1. The number of halogens is 17. The molecule has 34 heavy (non-hydrogen) atoms. The summed E-state index contributed by atoms with van der Waals surface area (Å²) in [6, 6.07) is 0. The highest BCUT2D eigenvalue weighted by Gasteiger charge is 2.96. The van der Waals surface area contributed by atoms with Gasteiger partial charge in [0.15, 0.2) is 0 Å². The highest BCUT2D eigenvalue weighted by atomic mass is 32.2. The first kappa shape index (κ1) is 32.2. The third-order valence-corrected chi connectivity index (χ3v) is 5.95. The molecule has 0 spiro atoms. The zero-order chi connectivity index (χ0) is 28.4. The number of rotatable bonds is 9. The van der Waals surface area contributed by atoms with Crippen LogP contribution in [-0.4, -0.2) is 72.1 Å². The Morgan fingerprint density at radius 2 is 0.853 bits per heavy atom. The van der Waals surface area contributed by atoms with Crippen molar-refractivity contribution >= 4 is 15.9 Å². The van der Waals surface area contributed by atoms with E-state index in [-0.39, 0.29) is 6.92 Å². The van der Waals surface area contributed by atoms with E-state index in [1.54, 1.807) is 0 Å². The van der Waals surface area contributed by atoms with Gasteiger partial charge in [0.1, 0.15) is 0 Å². The summed E-state index contributed by atoms with van der Waals surface area (Å²) in [5.41, 5.74) is 0. The molecule has 0 heterocycles. The largest absolute Gasteiger partial charge is 0.460 e. The number of hydrogen-bond donors (Lipinski definition) is 0. The normalized spacial score (nSPS) is 16.0. The van der Waals surface area contributed by atoms with Gasteiger partial charge in [-0.3, -0.25) is 4.79 Å². The number of hydrogen-bond acceptors (Lipinski definition) is 3.